The Morgan fingerprint density at radius 1 is 0.545 bits per heavy atom. The van der Waals surface area contributed by atoms with Gasteiger partial charge in [-0.1, -0.05) is 77.0 Å². The van der Waals surface area contributed by atoms with Crippen molar-refractivity contribution in [1.29, 1.82) is 0 Å². The molecule has 0 aromatic heterocycles. The maximum Gasteiger partial charge on any atom is 0.0431 e. The minimum absolute atomic E-state index is 0.312. The molecule has 0 rings (SSSR count). The van der Waals surface area contributed by atoms with E-state index >= 15 is 0 Å². The van der Waals surface area contributed by atoms with Crippen molar-refractivity contribution in [2.45, 2.75) is 108 Å². The average molecular weight is 349 g/mol. The predicted molar refractivity (Wildman–Crippen MR) is 108 cm³/mol. The van der Waals surface area contributed by atoms with E-state index in [1.807, 2.05) is 0 Å². The molecule has 0 aromatic carbocycles. The van der Waals surface area contributed by atoms with E-state index in [4.69, 9.17) is 5.11 Å². The first-order valence-electron chi connectivity index (χ1n) is 9.71. The lowest BCUT2D eigenvalue weighted by molar-refractivity contribution is 0.283. The molecule has 0 amide bonds. The Kier molecular flexibility index (Phi) is 20.3. The van der Waals surface area contributed by atoms with Gasteiger partial charge in [-0.3, -0.25) is 0 Å². The number of hydrogen-bond acceptors (Lipinski definition) is 3. The molecule has 134 valence electrons. The van der Waals surface area contributed by atoms with Gasteiger partial charge in [-0.15, -0.1) is 0 Å². The number of aliphatic hydroxyl groups excluding tert-OH is 1. The zero-order chi connectivity index (χ0) is 16.3. The highest BCUT2D eigenvalue weighted by Crippen LogP contribution is 2.16. The van der Waals surface area contributed by atoms with Crippen molar-refractivity contribution in [2.75, 3.05) is 12.4 Å². The first kappa shape index (κ1) is 22.7. The molecule has 0 aliphatic carbocycles. The Hall–Kier alpha value is 0.660. The van der Waals surface area contributed by atoms with Gasteiger partial charge in [0.05, 0.1) is 0 Å². The maximum absolute atomic E-state index is 8.77. The van der Waals surface area contributed by atoms with Gasteiger partial charge in [0.2, 0.25) is 0 Å². The zero-order valence-corrected chi connectivity index (χ0v) is 16.4. The molecule has 3 heteroatoms. The fraction of sp³-hybridized carbons (Fsp3) is 1.00. The minimum atomic E-state index is 0.312. The van der Waals surface area contributed by atoms with Gasteiger partial charge in [0.1, 0.15) is 0 Å². The van der Waals surface area contributed by atoms with E-state index in [9.17, 15) is 0 Å². The summed E-state index contributed by atoms with van der Waals surface area (Å²) >= 11 is 8.81. The van der Waals surface area contributed by atoms with Gasteiger partial charge in [0, 0.05) is 11.9 Å². The Labute approximate surface area is 150 Å². The Morgan fingerprint density at radius 3 is 1.32 bits per heavy atom. The Bertz CT molecular complexity index is 200. The van der Waals surface area contributed by atoms with Crippen LogP contribution in [0.3, 0.4) is 0 Å². The number of unbranched alkanes of at least 4 members (excludes halogenated alkanes) is 12. The highest BCUT2D eigenvalue weighted by atomic mass is 32.1. The SMILES string of the molecule is OCCCC(S)CCCCCCCCCCCCCCCS. The lowest BCUT2D eigenvalue weighted by Gasteiger charge is -2.09. The van der Waals surface area contributed by atoms with Crippen LogP contribution in [-0.4, -0.2) is 22.7 Å². The summed E-state index contributed by atoms with van der Waals surface area (Å²) in [7, 11) is 0. The smallest absolute Gasteiger partial charge is 0.0431 e. The van der Waals surface area contributed by atoms with Crippen LogP contribution in [0.15, 0.2) is 0 Å². The van der Waals surface area contributed by atoms with Gasteiger partial charge in [0.25, 0.3) is 0 Å². The van der Waals surface area contributed by atoms with Crippen LogP contribution in [0.5, 0.6) is 0 Å². The summed E-state index contributed by atoms with van der Waals surface area (Å²) in [6, 6.07) is 0. The number of aliphatic hydroxyl groups is 1. The van der Waals surface area contributed by atoms with Crippen LogP contribution in [0.1, 0.15) is 103 Å². The molecule has 0 saturated carbocycles. The maximum atomic E-state index is 8.77. The molecule has 0 fully saturated rings. The van der Waals surface area contributed by atoms with E-state index in [0.717, 1.165) is 18.6 Å². The lowest BCUT2D eigenvalue weighted by Crippen LogP contribution is -2.00. The molecule has 0 radical (unpaired) electrons. The van der Waals surface area contributed by atoms with Crippen molar-refractivity contribution < 1.29 is 5.11 Å². The van der Waals surface area contributed by atoms with Crippen LogP contribution in [0.2, 0.25) is 0 Å². The summed E-state index contributed by atoms with van der Waals surface area (Å²) in [6.07, 6.45) is 21.3. The van der Waals surface area contributed by atoms with Gasteiger partial charge in [-0.05, 0) is 31.4 Å². The predicted octanol–water partition coefficient (Wildman–Crippen LogP) is 6.45. The summed E-state index contributed by atoms with van der Waals surface area (Å²) in [6.45, 7) is 0.312. The standard InChI is InChI=1S/C19H40OS2/c20-17-14-16-19(22)15-12-10-8-6-4-2-1-3-5-7-9-11-13-18-21/h19-22H,1-18H2. The van der Waals surface area contributed by atoms with Gasteiger partial charge in [0.15, 0.2) is 0 Å². The number of thiol groups is 2. The summed E-state index contributed by atoms with van der Waals surface area (Å²) in [4.78, 5) is 0. The highest BCUT2D eigenvalue weighted by Gasteiger charge is 2.02. The van der Waals surface area contributed by atoms with Gasteiger partial charge >= 0.3 is 0 Å². The van der Waals surface area contributed by atoms with Crippen molar-refractivity contribution in [3.05, 3.63) is 0 Å². The number of hydrogen-bond donors (Lipinski definition) is 3. The van der Waals surface area contributed by atoms with Crippen LogP contribution in [0.25, 0.3) is 0 Å². The second-order valence-corrected chi connectivity index (χ2v) is 7.81. The molecule has 1 atom stereocenters. The second-order valence-electron chi connectivity index (χ2n) is 6.63. The van der Waals surface area contributed by atoms with E-state index in [1.165, 1.54) is 89.9 Å². The topological polar surface area (TPSA) is 20.2 Å². The van der Waals surface area contributed by atoms with E-state index < -0.39 is 0 Å². The van der Waals surface area contributed by atoms with Crippen molar-refractivity contribution in [1.82, 2.24) is 0 Å². The zero-order valence-electron chi connectivity index (χ0n) is 14.6. The fourth-order valence-corrected chi connectivity index (χ4v) is 3.50. The highest BCUT2D eigenvalue weighted by molar-refractivity contribution is 7.81. The Balaban J connectivity index is 3.02. The van der Waals surface area contributed by atoms with Crippen LogP contribution in [-0.2, 0) is 0 Å². The molecular weight excluding hydrogens is 308 g/mol. The molecule has 1 nitrogen and oxygen atoms in total. The molecular formula is C19H40OS2. The van der Waals surface area contributed by atoms with Crippen molar-refractivity contribution in [3.8, 4) is 0 Å². The van der Waals surface area contributed by atoms with Crippen LogP contribution >= 0.6 is 25.3 Å². The van der Waals surface area contributed by atoms with Gasteiger partial charge < -0.3 is 5.11 Å². The van der Waals surface area contributed by atoms with Crippen LogP contribution in [0.4, 0.5) is 0 Å². The monoisotopic (exact) mass is 348 g/mol. The second kappa shape index (κ2) is 19.7. The number of rotatable bonds is 18. The molecule has 0 heterocycles. The largest absolute Gasteiger partial charge is 0.396 e. The summed E-state index contributed by atoms with van der Waals surface area (Å²) < 4.78 is 0. The molecule has 0 aromatic rings. The third-order valence-electron chi connectivity index (χ3n) is 4.39. The van der Waals surface area contributed by atoms with E-state index in [2.05, 4.69) is 25.3 Å². The molecule has 1 unspecified atom stereocenters. The Morgan fingerprint density at radius 2 is 0.909 bits per heavy atom. The van der Waals surface area contributed by atoms with Crippen molar-refractivity contribution in [2.24, 2.45) is 0 Å². The quantitative estimate of drug-likeness (QED) is 0.192. The van der Waals surface area contributed by atoms with Crippen molar-refractivity contribution >= 4 is 25.3 Å². The third-order valence-corrected chi connectivity index (χ3v) is 5.22. The fourth-order valence-electron chi connectivity index (χ4n) is 2.91. The van der Waals surface area contributed by atoms with Crippen LogP contribution < -0.4 is 0 Å². The van der Waals surface area contributed by atoms with Crippen molar-refractivity contribution in [3.63, 3.8) is 0 Å². The molecule has 0 spiro atoms. The summed E-state index contributed by atoms with van der Waals surface area (Å²) in [5, 5.41) is 9.27. The lowest BCUT2D eigenvalue weighted by atomic mass is 10.0. The molecule has 0 saturated heterocycles. The van der Waals surface area contributed by atoms with E-state index in [0.29, 0.717) is 11.9 Å². The molecule has 22 heavy (non-hydrogen) atoms. The summed E-state index contributed by atoms with van der Waals surface area (Å²) in [5.74, 6) is 1.05. The van der Waals surface area contributed by atoms with Gasteiger partial charge in [-0.25, -0.2) is 0 Å². The normalized spacial score (nSPS) is 12.7. The molecule has 0 aliphatic rings. The molecule has 1 N–H and O–H groups in total. The molecule has 0 aliphatic heterocycles. The van der Waals surface area contributed by atoms with Gasteiger partial charge in [-0.2, -0.15) is 25.3 Å². The van der Waals surface area contributed by atoms with E-state index in [1.54, 1.807) is 0 Å². The van der Waals surface area contributed by atoms with Crippen LogP contribution in [0, 0.1) is 0 Å². The average Bonchev–Trinajstić information content (AvgIpc) is 2.53. The first-order valence-corrected chi connectivity index (χ1v) is 10.9. The third kappa shape index (κ3) is 18.7. The first-order chi connectivity index (χ1) is 10.8. The van der Waals surface area contributed by atoms with E-state index in [-0.39, 0.29) is 0 Å². The molecule has 0 bridgehead atoms. The summed E-state index contributed by atoms with van der Waals surface area (Å²) in [5.41, 5.74) is 0. The minimum Gasteiger partial charge on any atom is -0.396 e.